The van der Waals surface area contributed by atoms with Crippen molar-refractivity contribution in [1.29, 1.82) is 0 Å². The van der Waals surface area contributed by atoms with Crippen LogP contribution in [0.3, 0.4) is 0 Å². The van der Waals surface area contributed by atoms with Crippen LogP contribution >= 0.6 is 23.0 Å². The Morgan fingerprint density at radius 1 is 1.22 bits per heavy atom. The molecule has 32 heavy (non-hydrogen) atoms. The first-order valence-electron chi connectivity index (χ1n) is 8.83. The van der Waals surface area contributed by atoms with E-state index in [-0.39, 0.29) is 12.2 Å². The molecular weight excluding hydrogens is 495 g/mol. The molecule has 5 atom stereocenters. The third kappa shape index (κ3) is 5.44. The first-order valence-corrected chi connectivity index (χ1v) is 13.9. The van der Waals surface area contributed by atoms with E-state index in [4.69, 9.17) is 24.8 Å². The zero-order valence-corrected chi connectivity index (χ0v) is 19.4. The van der Waals surface area contributed by atoms with Crippen molar-refractivity contribution >= 4 is 40.0 Å². The first kappa shape index (κ1) is 25.3. The highest BCUT2D eigenvalue weighted by molar-refractivity contribution is 7.73. The van der Waals surface area contributed by atoms with Crippen LogP contribution in [-0.4, -0.2) is 68.4 Å². The predicted molar refractivity (Wildman–Crippen MR) is 107 cm³/mol. The van der Waals surface area contributed by atoms with Crippen LogP contribution in [0, 0.1) is 0 Å². The van der Waals surface area contributed by atoms with Crippen molar-refractivity contribution in [1.82, 2.24) is 19.5 Å². The summed E-state index contributed by atoms with van der Waals surface area (Å²) in [5.74, 6) is -1.55. The molecule has 0 saturated carbocycles. The van der Waals surface area contributed by atoms with Crippen molar-refractivity contribution in [3.63, 3.8) is 0 Å². The number of nitrogens with two attached hydrogens (primary N) is 1. The molecule has 180 valence electrons. The Bertz CT molecular complexity index is 1170. The number of nitrogen functional groups attached to an aromatic ring is 1. The van der Waals surface area contributed by atoms with E-state index in [0.29, 0.717) is 11.2 Å². The Labute approximate surface area is 180 Å². The van der Waals surface area contributed by atoms with E-state index in [0.717, 1.165) is 0 Å². The monoisotopic (exact) mass is 517 g/mol. The molecule has 19 heteroatoms. The van der Waals surface area contributed by atoms with Gasteiger partial charge in [0, 0.05) is 6.42 Å². The fourth-order valence-corrected chi connectivity index (χ4v) is 7.74. The minimum absolute atomic E-state index is 0.0322. The van der Waals surface area contributed by atoms with Crippen LogP contribution in [0.5, 0.6) is 0 Å². The largest absolute Gasteiger partial charge is 0.479 e. The second kappa shape index (κ2) is 8.19. The molecule has 0 radical (unpaired) electrons. The third-order valence-corrected chi connectivity index (χ3v) is 9.91. The zero-order chi connectivity index (χ0) is 24.2. The van der Waals surface area contributed by atoms with Crippen LogP contribution in [0.2, 0.25) is 0 Å². The number of ether oxygens (including phenoxy) is 1. The Kier molecular flexibility index (Phi) is 6.48. The molecular formula is C13H22N5O11P3. The van der Waals surface area contributed by atoms with E-state index in [1.54, 1.807) is 6.92 Å². The van der Waals surface area contributed by atoms with Crippen molar-refractivity contribution in [3.8, 4) is 0 Å². The molecule has 3 rings (SSSR count). The summed E-state index contributed by atoms with van der Waals surface area (Å²) in [6.45, 7) is 2.18. The van der Waals surface area contributed by atoms with E-state index in [9.17, 15) is 28.6 Å². The second-order valence-electron chi connectivity index (χ2n) is 7.62. The number of aliphatic hydroxyl groups excluding tert-OH is 1. The summed E-state index contributed by atoms with van der Waals surface area (Å²) in [4.78, 5) is 48.8. The maximum absolute atomic E-state index is 12.1. The second-order valence-corrected chi connectivity index (χ2v) is 13.2. The number of phosphoric ester groups is 1. The number of hydrogen-bond acceptors (Lipinski definition) is 11. The van der Waals surface area contributed by atoms with Gasteiger partial charge in [0.25, 0.3) is 0 Å². The van der Waals surface area contributed by atoms with Gasteiger partial charge in [-0.25, -0.2) is 23.8 Å². The molecule has 0 bridgehead atoms. The number of rotatable bonds is 8. The summed E-state index contributed by atoms with van der Waals surface area (Å²) in [7, 11) is -15.5. The van der Waals surface area contributed by atoms with Gasteiger partial charge in [0.2, 0.25) is 0 Å². The molecule has 7 N–H and O–H groups in total. The Balaban J connectivity index is 1.76. The quantitative estimate of drug-likeness (QED) is 0.254. The molecule has 3 heterocycles. The summed E-state index contributed by atoms with van der Waals surface area (Å²) in [6.07, 6.45) is 1.31. The summed E-state index contributed by atoms with van der Waals surface area (Å²) in [5, 5.41) is 10.6. The van der Waals surface area contributed by atoms with Gasteiger partial charge in [-0.15, -0.1) is 0 Å². The van der Waals surface area contributed by atoms with Crippen LogP contribution in [-0.2, 0) is 33.0 Å². The fourth-order valence-electron chi connectivity index (χ4n) is 3.31. The van der Waals surface area contributed by atoms with Gasteiger partial charge in [0.15, 0.2) is 17.4 Å². The predicted octanol–water partition coefficient (Wildman–Crippen LogP) is 0.0753. The van der Waals surface area contributed by atoms with Gasteiger partial charge in [0.1, 0.15) is 23.2 Å². The lowest BCUT2D eigenvalue weighted by atomic mass is 9.99. The fraction of sp³-hybridized carbons (Fsp3) is 0.615. The highest BCUT2D eigenvalue weighted by Crippen LogP contribution is 2.65. The summed E-state index contributed by atoms with van der Waals surface area (Å²) in [6, 6.07) is 0. The van der Waals surface area contributed by atoms with Gasteiger partial charge in [-0.05, 0) is 13.8 Å². The lowest BCUT2D eigenvalue weighted by Crippen LogP contribution is -2.41. The molecule has 1 saturated heterocycles. The van der Waals surface area contributed by atoms with Crippen molar-refractivity contribution in [3.05, 3.63) is 12.7 Å². The maximum Gasteiger partial charge on any atom is 0.479 e. The van der Waals surface area contributed by atoms with Gasteiger partial charge in [-0.1, -0.05) is 0 Å². The Morgan fingerprint density at radius 3 is 2.50 bits per heavy atom. The average molecular weight is 517 g/mol. The normalized spacial score (nSPS) is 30.3. The molecule has 2 aromatic rings. The SMILES string of the molecule is C[C@]1(COP(=O)(O)OP(=O)(O)CP(=O)(O)O)O[C@@](C)(n2cnc3c(N)ncnc32)CC1O. The van der Waals surface area contributed by atoms with Gasteiger partial charge < -0.3 is 35.2 Å². The Hall–Kier alpha value is -1.28. The van der Waals surface area contributed by atoms with E-state index in [1.165, 1.54) is 24.1 Å². The molecule has 16 nitrogen and oxygen atoms in total. The van der Waals surface area contributed by atoms with Gasteiger partial charge in [-0.3, -0.25) is 18.2 Å². The summed E-state index contributed by atoms with van der Waals surface area (Å²) >= 11 is 0. The Morgan fingerprint density at radius 2 is 1.88 bits per heavy atom. The first-order chi connectivity index (χ1) is 14.5. The standard InChI is InChI=1S/C13H22N5O11P3/c1-12(4-27-32(25,26)29-31(23,24)7-30(20,21)22)8(19)3-13(2,28-12)18-6-17-9-10(14)15-5-16-11(9)18/h5-6,8,19H,3-4,7H2,1-2H3,(H,23,24)(H,25,26)(H2,14,15,16)(H2,20,21,22)/t8?,12-,13-/m1/s1. The van der Waals surface area contributed by atoms with Crippen LogP contribution in [0.4, 0.5) is 5.82 Å². The van der Waals surface area contributed by atoms with Crippen LogP contribution in [0.25, 0.3) is 11.2 Å². The molecule has 3 unspecified atom stereocenters. The summed E-state index contributed by atoms with van der Waals surface area (Å²) < 4.78 is 50.9. The number of aliphatic hydroxyl groups is 1. The van der Waals surface area contributed by atoms with E-state index < -0.39 is 53.0 Å². The van der Waals surface area contributed by atoms with Crippen molar-refractivity contribution < 1.29 is 51.9 Å². The maximum atomic E-state index is 12.1. The minimum Gasteiger partial charge on any atom is -0.390 e. The minimum atomic E-state index is -5.27. The van der Waals surface area contributed by atoms with Crippen molar-refractivity contribution in [2.45, 2.75) is 37.7 Å². The number of aromatic nitrogens is 4. The van der Waals surface area contributed by atoms with E-state index >= 15 is 0 Å². The van der Waals surface area contributed by atoms with Gasteiger partial charge in [-0.2, -0.15) is 0 Å². The summed E-state index contributed by atoms with van der Waals surface area (Å²) in [5.41, 5.74) is 3.53. The zero-order valence-electron chi connectivity index (χ0n) is 16.7. The molecule has 0 aliphatic carbocycles. The molecule has 0 spiro atoms. The molecule has 1 aliphatic rings. The third-order valence-electron chi connectivity index (χ3n) is 4.71. The van der Waals surface area contributed by atoms with Crippen LogP contribution in [0.1, 0.15) is 20.3 Å². The van der Waals surface area contributed by atoms with Crippen molar-refractivity contribution in [2.24, 2.45) is 0 Å². The molecule has 1 aliphatic heterocycles. The molecule has 0 amide bonds. The number of phosphoric acid groups is 1. The van der Waals surface area contributed by atoms with E-state index in [1.807, 2.05) is 0 Å². The topological polar surface area (TPSA) is 250 Å². The van der Waals surface area contributed by atoms with E-state index in [2.05, 4.69) is 19.3 Å². The number of anilines is 1. The number of hydrogen-bond donors (Lipinski definition) is 6. The smallest absolute Gasteiger partial charge is 0.390 e. The molecule has 2 aromatic heterocycles. The lowest BCUT2D eigenvalue weighted by molar-refractivity contribution is -0.158. The van der Waals surface area contributed by atoms with Crippen LogP contribution < -0.4 is 5.73 Å². The highest BCUT2D eigenvalue weighted by Gasteiger charge is 2.53. The molecule has 1 fully saturated rings. The lowest BCUT2D eigenvalue weighted by Gasteiger charge is -2.32. The highest BCUT2D eigenvalue weighted by atomic mass is 31.3. The number of nitrogens with zero attached hydrogens (tertiary/aromatic N) is 4. The number of imidazole rings is 1. The van der Waals surface area contributed by atoms with Gasteiger partial charge in [0.05, 0.1) is 19.0 Å². The van der Waals surface area contributed by atoms with Gasteiger partial charge >= 0.3 is 23.0 Å². The van der Waals surface area contributed by atoms with Crippen LogP contribution in [0.15, 0.2) is 12.7 Å². The van der Waals surface area contributed by atoms with Crippen molar-refractivity contribution in [2.75, 3.05) is 18.2 Å². The number of fused-ring (bicyclic) bond motifs is 1. The molecule has 0 aromatic carbocycles. The average Bonchev–Trinajstić information content (AvgIpc) is 3.12.